The molecule has 2 aromatic rings. The van der Waals surface area contributed by atoms with Crippen LogP contribution in [0.25, 0.3) is 0 Å². The van der Waals surface area contributed by atoms with E-state index in [4.69, 9.17) is 14.6 Å². The highest BCUT2D eigenvalue weighted by molar-refractivity contribution is 5.88. The molecule has 2 atom stereocenters. The maximum Gasteiger partial charge on any atom is 0.335 e. The average molecular weight is 453 g/mol. The van der Waals surface area contributed by atoms with E-state index in [1.54, 1.807) is 24.3 Å². The summed E-state index contributed by atoms with van der Waals surface area (Å²) in [5.41, 5.74) is 1.64. The highest BCUT2D eigenvalue weighted by atomic mass is 16.5. The number of ether oxygens (including phenoxy) is 2. The van der Waals surface area contributed by atoms with E-state index in [0.29, 0.717) is 32.6 Å². The second-order valence-electron chi connectivity index (χ2n) is 9.06. The summed E-state index contributed by atoms with van der Waals surface area (Å²) in [5.74, 6) is -0.0987. The number of carbonyl (C=O) groups is 2. The minimum atomic E-state index is -0.962. The van der Waals surface area contributed by atoms with Crippen LogP contribution in [0.2, 0.25) is 0 Å². The Morgan fingerprint density at radius 3 is 2.58 bits per heavy atom. The fourth-order valence-corrected chi connectivity index (χ4v) is 4.82. The fraction of sp³-hybridized carbons (Fsp3) is 0.462. The van der Waals surface area contributed by atoms with Gasteiger partial charge in [-0.15, -0.1) is 0 Å². The van der Waals surface area contributed by atoms with Crippen molar-refractivity contribution in [2.45, 2.75) is 50.8 Å². The van der Waals surface area contributed by atoms with Crippen LogP contribution in [0.3, 0.4) is 0 Å². The van der Waals surface area contributed by atoms with E-state index in [0.717, 1.165) is 29.8 Å². The van der Waals surface area contributed by atoms with Crippen LogP contribution in [0.4, 0.5) is 0 Å². The molecule has 0 unspecified atom stereocenters. The van der Waals surface area contributed by atoms with Gasteiger partial charge in [-0.2, -0.15) is 0 Å². The largest absolute Gasteiger partial charge is 0.489 e. The third kappa shape index (κ3) is 5.20. The molecule has 176 valence electrons. The molecule has 0 aromatic heterocycles. The number of benzene rings is 2. The first-order chi connectivity index (χ1) is 15.9. The fourth-order valence-electron chi connectivity index (χ4n) is 4.82. The van der Waals surface area contributed by atoms with Crippen LogP contribution >= 0.6 is 0 Å². The smallest absolute Gasteiger partial charge is 0.335 e. The summed E-state index contributed by atoms with van der Waals surface area (Å²) in [7, 11) is 0. The lowest BCUT2D eigenvalue weighted by atomic mass is 9.86. The number of hydrogen-bond donors (Lipinski definition) is 2. The molecule has 1 amide bonds. The number of nitrogens with zero attached hydrogens (tertiary/aromatic N) is 1. The first kappa shape index (κ1) is 23.3. The van der Waals surface area contributed by atoms with Gasteiger partial charge >= 0.3 is 5.97 Å². The second-order valence-corrected chi connectivity index (χ2v) is 9.06. The number of carbonyl (C=O) groups excluding carboxylic acids is 1. The van der Waals surface area contributed by atoms with Gasteiger partial charge in [-0.05, 0) is 68.5 Å². The zero-order chi connectivity index (χ0) is 23.4. The van der Waals surface area contributed by atoms with Gasteiger partial charge in [0.25, 0.3) is 0 Å². The summed E-state index contributed by atoms with van der Waals surface area (Å²) in [6.07, 6.45) is 2.19. The lowest BCUT2D eigenvalue weighted by Gasteiger charge is -2.43. The summed E-state index contributed by atoms with van der Waals surface area (Å²) >= 11 is 0. The van der Waals surface area contributed by atoms with Crippen LogP contribution < -0.4 is 10.1 Å². The van der Waals surface area contributed by atoms with Crippen molar-refractivity contribution in [3.05, 3.63) is 65.2 Å². The van der Waals surface area contributed by atoms with E-state index < -0.39 is 11.5 Å². The Labute approximate surface area is 194 Å². The van der Waals surface area contributed by atoms with Crippen molar-refractivity contribution >= 4 is 11.9 Å². The number of likely N-dealkylation sites (tertiary alicyclic amines) is 1. The van der Waals surface area contributed by atoms with Crippen LogP contribution in [0, 0.1) is 6.92 Å². The summed E-state index contributed by atoms with van der Waals surface area (Å²) < 4.78 is 11.8. The lowest BCUT2D eigenvalue weighted by molar-refractivity contribution is -0.140. The molecule has 2 heterocycles. The molecule has 2 N–H and O–H groups in total. The molecule has 33 heavy (non-hydrogen) atoms. The van der Waals surface area contributed by atoms with Gasteiger partial charge in [-0.1, -0.05) is 24.3 Å². The Hall–Kier alpha value is -2.90. The quantitative estimate of drug-likeness (QED) is 0.668. The molecule has 0 aliphatic carbocycles. The van der Waals surface area contributed by atoms with Gasteiger partial charge in [0.05, 0.1) is 11.6 Å². The van der Waals surface area contributed by atoms with Crippen molar-refractivity contribution in [1.29, 1.82) is 0 Å². The topological polar surface area (TPSA) is 88.1 Å². The van der Waals surface area contributed by atoms with Gasteiger partial charge in [-0.3, -0.25) is 9.69 Å². The standard InChI is InChI=1S/C26H32N2O5/c1-18-4-3-5-22(16-18)33-23-10-13-28(17-23)26(11-14-32-15-12-26)25(31)27-19(2)20-6-8-21(9-7-20)24(29)30/h3-9,16,19,23H,10-15,17H2,1-2H3,(H,27,31)(H,29,30)/t19-,23+/m0/s1. The van der Waals surface area contributed by atoms with Crippen molar-refractivity contribution in [2.24, 2.45) is 0 Å². The minimum Gasteiger partial charge on any atom is -0.489 e. The molecule has 2 aliphatic heterocycles. The van der Waals surface area contributed by atoms with Gasteiger partial charge in [0.1, 0.15) is 17.4 Å². The molecule has 2 fully saturated rings. The highest BCUT2D eigenvalue weighted by Gasteiger charge is 2.48. The molecule has 0 spiro atoms. The van der Waals surface area contributed by atoms with Crippen LogP contribution in [-0.4, -0.2) is 59.8 Å². The van der Waals surface area contributed by atoms with E-state index in [1.165, 1.54) is 0 Å². The molecule has 0 bridgehead atoms. The summed E-state index contributed by atoms with van der Waals surface area (Å²) in [6, 6.07) is 14.5. The molecule has 7 heteroatoms. The monoisotopic (exact) mass is 452 g/mol. The molecule has 7 nitrogen and oxygen atoms in total. The van der Waals surface area contributed by atoms with Crippen molar-refractivity contribution < 1.29 is 24.2 Å². The predicted octanol–water partition coefficient (Wildman–Crippen LogP) is 3.57. The molecular weight excluding hydrogens is 420 g/mol. The average Bonchev–Trinajstić information content (AvgIpc) is 3.28. The zero-order valence-corrected chi connectivity index (χ0v) is 19.3. The van der Waals surface area contributed by atoms with Gasteiger partial charge in [0, 0.05) is 26.3 Å². The third-order valence-corrected chi connectivity index (χ3v) is 6.79. The molecule has 2 saturated heterocycles. The van der Waals surface area contributed by atoms with Gasteiger partial charge < -0.3 is 19.9 Å². The highest BCUT2D eigenvalue weighted by Crippen LogP contribution is 2.33. The first-order valence-corrected chi connectivity index (χ1v) is 11.6. The number of nitrogens with one attached hydrogen (secondary N) is 1. The Morgan fingerprint density at radius 1 is 1.18 bits per heavy atom. The van der Waals surface area contributed by atoms with Gasteiger partial charge in [0.15, 0.2) is 0 Å². The summed E-state index contributed by atoms with van der Waals surface area (Å²) in [4.78, 5) is 27.0. The first-order valence-electron chi connectivity index (χ1n) is 11.6. The number of aromatic carboxylic acids is 1. The molecule has 2 aliphatic rings. The normalized spacial score (nSPS) is 21.3. The van der Waals surface area contributed by atoms with E-state index in [9.17, 15) is 9.59 Å². The van der Waals surface area contributed by atoms with Gasteiger partial charge in [0.2, 0.25) is 5.91 Å². The zero-order valence-electron chi connectivity index (χ0n) is 19.3. The number of amides is 1. The minimum absolute atomic E-state index is 0.00295. The predicted molar refractivity (Wildman–Crippen MR) is 125 cm³/mol. The summed E-state index contributed by atoms with van der Waals surface area (Å²) in [5, 5.41) is 12.3. The van der Waals surface area contributed by atoms with Crippen LogP contribution in [0.15, 0.2) is 48.5 Å². The summed E-state index contributed by atoms with van der Waals surface area (Å²) in [6.45, 7) is 6.57. The number of carboxylic acid groups (broad SMARTS) is 1. The Kier molecular flexibility index (Phi) is 7.00. The molecule has 2 aromatic carbocycles. The Morgan fingerprint density at radius 2 is 1.91 bits per heavy atom. The maximum absolute atomic E-state index is 13.6. The van der Waals surface area contributed by atoms with Crippen molar-refractivity contribution in [3.63, 3.8) is 0 Å². The van der Waals surface area contributed by atoms with Crippen LogP contribution in [-0.2, 0) is 9.53 Å². The number of carboxylic acids is 1. The van der Waals surface area contributed by atoms with Gasteiger partial charge in [-0.25, -0.2) is 4.79 Å². The van der Waals surface area contributed by atoms with E-state index in [1.807, 2.05) is 38.1 Å². The van der Waals surface area contributed by atoms with Crippen molar-refractivity contribution in [3.8, 4) is 5.75 Å². The molecule has 0 saturated carbocycles. The van der Waals surface area contributed by atoms with E-state index >= 15 is 0 Å². The van der Waals surface area contributed by atoms with E-state index in [2.05, 4.69) is 10.2 Å². The maximum atomic E-state index is 13.6. The third-order valence-electron chi connectivity index (χ3n) is 6.79. The van der Waals surface area contributed by atoms with E-state index in [-0.39, 0.29) is 23.6 Å². The van der Waals surface area contributed by atoms with Crippen molar-refractivity contribution in [2.75, 3.05) is 26.3 Å². The number of aryl methyl sites for hydroxylation is 1. The second kappa shape index (κ2) is 9.93. The molecular formula is C26H32N2O5. The molecule has 0 radical (unpaired) electrons. The molecule has 4 rings (SSSR count). The number of rotatable bonds is 7. The number of hydrogen-bond acceptors (Lipinski definition) is 5. The van der Waals surface area contributed by atoms with Crippen LogP contribution in [0.1, 0.15) is 53.7 Å². The Bertz CT molecular complexity index is 984. The Balaban J connectivity index is 1.45. The lowest BCUT2D eigenvalue weighted by Crippen LogP contribution is -2.61. The van der Waals surface area contributed by atoms with Crippen molar-refractivity contribution in [1.82, 2.24) is 10.2 Å². The van der Waals surface area contributed by atoms with Crippen LogP contribution in [0.5, 0.6) is 5.75 Å². The SMILES string of the molecule is Cc1cccc(O[C@@H]2CCN(C3(C(=O)N[C@@H](C)c4ccc(C(=O)O)cc4)CCOCC3)C2)c1.